The Kier molecular flexibility index (Phi) is 4.27. The van der Waals surface area contributed by atoms with Crippen molar-refractivity contribution < 1.29 is 8.78 Å². The Bertz CT molecular complexity index is 566. The zero-order valence-corrected chi connectivity index (χ0v) is 10.9. The topological polar surface area (TPSA) is 26.0 Å². The van der Waals surface area contributed by atoms with Gasteiger partial charge in [-0.15, -0.1) is 0 Å². The number of hydrogen-bond donors (Lipinski definition) is 1. The summed E-state index contributed by atoms with van der Waals surface area (Å²) in [6.45, 7) is 2.10. The summed E-state index contributed by atoms with van der Waals surface area (Å²) in [4.78, 5) is 0. The van der Waals surface area contributed by atoms with Gasteiger partial charge in [0, 0.05) is 5.56 Å². The van der Waals surface area contributed by atoms with Crippen LogP contribution in [-0.2, 0) is 6.42 Å². The van der Waals surface area contributed by atoms with Gasteiger partial charge in [-0.25, -0.2) is 8.78 Å². The molecule has 2 aromatic carbocycles. The van der Waals surface area contributed by atoms with Gasteiger partial charge in [-0.05, 0) is 35.7 Å². The number of aryl methyl sites for hydroxylation is 1. The van der Waals surface area contributed by atoms with Crippen molar-refractivity contribution in [2.45, 2.75) is 25.8 Å². The maximum absolute atomic E-state index is 13.7. The van der Waals surface area contributed by atoms with E-state index in [-0.39, 0.29) is 5.56 Å². The summed E-state index contributed by atoms with van der Waals surface area (Å²) >= 11 is 0. The monoisotopic (exact) mass is 261 g/mol. The molecule has 0 radical (unpaired) electrons. The van der Waals surface area contributed by atoms with Crippen LogP contribution in [0.25, 0.3) is 0 Å². The molecule has 100 valence electrons. The molecule has 0 heterocycles. The van der Waals surface area contributed by atoms with Gasteiger partial charge < -0.3 is 5.73 Å². The van der Waals surface area contributed by atoms with Crippen LogP contribution in [0.5, 0.6) is 0 Å². The summed E-state index contributed by atoms with van der Waals surface area (Å²) in [5, 5.41) is 0. The lowest BCUT2D eigenvalue weighted by Gasteiger charge is -2.14. The molecule has 0 aliphatic heterocycles. The van der Waals surface area contributed by atoms with Crippen molar-refractivity contribution >= 4 is 0 Å². The van der Waals surface area contributed by atoms with Crippen LogP contribution in [0, 0.1) is 11.6 Å². The van der Waals surface area contributed by atoms with Gasteiger partial charge in [0.1, 0.15) is 11.6 Å². The zero-order chi connectivity index (χ0) is 13.8. The van der Waals surface area contributed by atoms with E-state index in [4.69, 9.17) is 5.73 Å². The molecule has 0 aliphatic carbocycles. The third kappa shape index (κ3) is 3.18. The molecule has 3 heteroatoms. The van der Waals surface area contributed by atoms with Crippen LogP contribution >= 0.6 is 0 Å². The Morgan fingerprint density at radius 2 is 1.89 bits per heavy atom. The SMILES string of the molecule is CCCc1cccc(C(N)c2cc(F)ccc2F)c1. The van der Waals surface area contributed by atoms with Crippen molar-refractivity contribution in [3.8, 4) is 0 Å². The van der Waals surface area contributed by atoms with Crippen LogP contribution in [0.1, 0.15) is 36.1 Å². The maximum Gasteiger partial charge on any atom is 0.128 e. The predicted molar refractivity (Wildman–Crippen MR) is 72.8 cm³/mol. The fraction of sp³-hybridized carbons (Fsp3) is 0.250. The fourth-order valence-corrected chi connectivity index (χ4v) is 2.16. The number of rotatable bonds is 4. The molecule has 0 spiro atoms. The molecule has 0 saturated heterocycles. The van der Waals surface area contributed by atoms with Gasteiger partial charge in [-0.1, -0.05) is 37.6 Å². The van der Waals surface area contributed by atoms with Crippen molar-refractivity contribution in [1.29, 1.82) is 0 Å². The molecule has 2 aromatic rings. The van der Waals surface area contributed by atoms with E-state index in [1.54, 1.807) is 0 Å². The molecule has 0 bridgehead atoms. The van der Waals surface area contributed by atoms with Crippen LogP contribution in [-0.4, -0.2) is 0 Å². The highest BCUT2D eigenvalue weighted by Gasteiger charge is 2.14. The first-order valence-corrected chi connectivity index (χ1v) is 6.41. The lowest BCUT2D eigenvalue weighted by molar-refractivity contribution is 0.576. The highest BCUT2D eigenvalue weighted by Crippen LogP contribution is 2.24. The fourth-order valence-electron chi connectivity index (χ4n) is 2.16. The van der Waals surface area contributed by atoms with Crippen LogP contribution in [0.4, 0.5) is 8.78 Å². The summed E-state index contributed by atoms with van der Waals surface area (Å²) in [5.74, 6) is -0.952. The Balaban J connectivity index is 2.35. The summed E-state index contributed by atoms with van der Waals surface area (Å²) in [6.07, 6.45) is 1.99. The Morgan fingerprint density at radius 1 is 1.11 bits per heavy atom. The van der Waals surface area contributed by atoms with E-state index < -0.39 is 17.7 Å². The molecule has 2 rings (SSSR count). The summed E-state index contributed by atoms with van der Waals surface area (Å²) in [5.41, 5.74) is 8.19. The van der Waals surface area contributed by atoms with Crippen molar-refractivity contribution in [3.63, 3.8) is 0 Å². The van der Waals surface area contributed by atoms with Gasteiger partial charge in [0.05, 0.1) is 6.04 Å². The van der Waals surface area contributed by atoms with Crippen LogP contribution in [0.2, 0.25) is 0 Å². The second kappa shape index (κ2) is 5.93. The molecule has 0 aliphatic rings. The molecular formula is C16H17F2N. The normalized spacial score (nSPS) is 12.4. The van der Waals surface area contributed by atoms with Crippen molar-refractivity contribution in [1.82, 2.24) is 0 Å². The second-order valence-electron chi connectivity index (χ2n) is 4.64. The molecule has 0 fully saturated rings. The molecule has 1 unspecified atom stereocenters. The van der Waals surface area contributed by atoms with Gasteiger partial charge in [0.2, 0.25) is 0 Å². The van der Waals surface area contributed by atoms with E-state index in [9.17, 15) is 8.78 Å². The van der Waals surface area contributed by atoms with E-state index >= 15 is 0 Å². The van der Waals surface area contributed by atoms with E-state index in [0.29, 0.717) is 0 Å². The lowest BCUT2D eigenvalue weighted by Crippen LogP contribution is -2.14. The Labute approximate surface area is 112 Å². The van der Waals surface area contributed by atoms with Gasteiger partial charge in [-0.3, -0.25) is 0 Å². The average Bonchev–Trinajstić information content (AvgIpc) is 2.41. The highest BCUT2D eigenvalue weighted by atomic mass is 19.1. The molecule has 2 N–H and O–H groups in total. The van der Waals surface area contributed by atoms with Crippen molar-refractivity contribution in [2.75, 3.05) is 0 Å². The van der Waals surface area contributed by atoms with E-state index in [0.717, 1.165) is 42.2 Å². The largest absolute Gasteiger partial charge is 0.320 e. The molecule has 19 heavy (non-hydrogen) atoms. The van der Waals surface area contributed by atoms with Gasteiger partial charge in [-0.2, -0.15) is 0 Å². The van der Waals surface area contributed by atoms with Gasteiger partial charge in [0.15, 0.2) is 0 Å². The molecular weight excluding hydrogens is 244 g/mol. The van der Waals surface area contributed by atoms with Crippen molar-refractivity contribution in [2.24, 2.45) is 5.73 Å². The standard InChI is InChI=1S/C16H17F2N/c1-2-4-11-5-3-6-12(9-11)16(19)14-10-13(17)7-8-15(14)18/h3,5-10,16H,2,4,19H2,1H3. The predicted octanol–water partition coefficient (Wildman–Crippen LogP) is 3.97. The summed E-state index contributed by atoms with van der Waals surface area (Å²) in [6, 6.07) is 10.4. The smallest absolute Gasteiger partial charge is 0.128 e. The van der Waals surface area contributed by atoms with E-state index in [1.807, 2.05) is 24.3 Å². The minimum Gasteiger partial charge on any atom is -0.320 e. The van der Waals surface area contributed by atoms with Crippen LogP contribution in [0.15, 0.2) is 42.5 Å². The highest BCUT2D eigenvalue weighted by molar-refractivity contribution is 5.34. The minimum absolute atomic E-state index is 0.189. The van der Waals surface area contributed by atoms with Gasteiger partial charge >= 0.3 is 0 Å². The zero-order valence-electron chi connectivity index (χ0n) is 10.9. The summed E-state index contributed by atoms with van der Waals surface area (Å²) < 4.78 is 26.9. The third-order valence-corrected chi connectivity index (χ3v) is 3.14. The molecule has 0 amide bonds. The molecule has 1 atom stereocenters. The van der Waals surface area contributed by atoms with Gasteiger partial charge in [0.25, 0.3) is 0 Å². The number of benzene rings is 2. The average molecular weight is 261 g/mol. The molecule has 0 saturated carbocycles. The summed E-state index contributed by atoms with van der Waals surface area (Å²) in [7, 11) is 0. The first kappa shape index (κ1) is 13.7. The minimum atomic E-state index is -0.646. The first-order chi connectivity index (χ1) is 9.11. The van der Waals surface area contributed by atoms with E-state index in [1.165, 1.54) is 0 Å². The molecule has 0 aromatic heterocycles. The Hall–Kier alpha value is -1.74. The second-order valence-corrected chi connectivity index (χ2v) is 4.64. The Morgan fingerprint density at radius 3 is 2.63 bits per heavy atom. The maximum atomic E-state index is 13.7. The van der Waals surface area contributed by atoms with Crippen LogP contribution < -0.4 is 5.73 Å². The number of halogens is 2. The third-order valence-electron chi connectivity index (χ3n) is 3.14. The quantitative estimate of drug-likeness (QED) is 0.885. The first-order valence-electron chi connectivity index (χ1n) is 6.41. The molecule has 1 nitrogen and oxygen atoms in total. The van der Waals surface area contributed by atoms with Crippen molar-refractivity contribution in [3.05, 3.63) is 70.8 Å². The van der Waals surface area contributed by atoms with E-state index in [2.05, 4.69) is 6.92 Å². The number of hydrogen-bond acceptors (Lipinski definition) is 1. The lowest BCUT2D eigenvalue weighted by atomic mass is 9.96. The van der Waals surface area contributed by atoms with Crippen LogP contribution in [0.3, 0.4) is 0 Å². The number of nitrogens with two attached hydrogens (primary N) is 1.